The van der Waals surface area contributed by atoms with Gasteiger partial charge in [-0.05, 0) is 54.8 Å². The zero-order valence-electron chi connectivity index (χ0n) is 18.1. The topological polar surface area (TPSA) is 114 Å². The number of anilines is 1. The minimum Gasteiger partial charge on any atom is -0.364 e. The number of rotatable bonds is 10. The molecule has 1 aromatic heterocycles. The first kappa shape index (κ1) is 24.1. The molecule has 0 bridgehead atoms. The van der Waals surface area contributed by atoms with Gasteiger partial charge >= 0.3 is 0 Å². The fraction of sp³-hybridized carbons (Fsp3) is 0.208. The minimum atomic E-state index is -4.08. The molecule has 0 spiro atoms. The Morgan fingerprint density at radius 3 is 2.33 bits per heavy atom. The Hall–Kier alpha value is -3.56. The molecular formula is C24H25N3O5S. The molecule has 0 aliphatic carbocycles. The van der Waals surface area contributed by atoms with Gasteiger partial charge in [0.15, 0.2) is 0 Å². The van der Waals surface area contributed by atoms with Crippen LogP contribution in [0.3, 0.4) is 0 Å². The van der Waals surface area contributed by atoms with Crippen molar-refractivity contribution < 1.29 is 22.7 Å². The molecule has 2 amide bonds. The Morgan fingerprint density at radius 2 is 1.67 bits per heavy atom. The Morgan fingerprint density at radius 1 is 0.970 bits per heavy atom. The lowest BCUT2D eigenvalue weighted by Gasteiger charge is -2.14. The molecule has 172 valence electrons. The Labute approximate surface area is 193 Å². The number of hydrogen-bond donors (Lipinski definition) is 2. The van der Waals surface area contributed by atoms with E-state index in [9.17, 15) is 18.0 Å². The van der Waals surface area contributed by atoms with Crippen LogP contribution in [-0.4, -0.2) is 31.3 Å². The molecule has 1 heterocycles. The molecule has 9 heteroatoms. The van der Waals surface area contributed by atoms with Gasteiger partial charge in [-0.25, -0.2) is 13.1 Å². The smallest absolute Gasteiger partial charge is 0.264 e. The Kier molecular flexibility index (Phi) is 8.28. The molecule has 2 N–H and O–H groups in total. The maximum atomic E-state index is 12.5. The van der Waals surface area contributed by atoms with Crippen LogP contribution < -0.4 is 10.0 Å². The molecule has 1 atom stereocenters. The van der Waals surface area contributed by atoms with Gasteiger partial charge in [0, 0.05) is 24.5 Å². The number of aryl methyl sites for hydroxylation is 1. The van der Waals surface area contributed by atoms with Crippen LogP contribution in [-0.2, 0) is 37.4 Å². The minimum absolute atomic E-state index is 0.0995. The first-order valence-electron chi connectivity index (χ1n) is 10.3. The van der Waals surface area contributed by atoms with Crippen molar-refractivity contribution in [1.29, 1.82) is 0 Å². The summed E-state index contributed by atoms with van der Waals surface area (Å²) < 4.78 is 32.5. The van der Waals surface area contributed by atoms with E-state index in [1.54, 1.807) is 24.5 Å². The summed E-state index contributed by atoms with van der Waals surface area (Å²) in [5.41, 5.74) is 2.29. The summed E-state index contributed by atoms with van der Waals surface area (Å²) in [6.07, 6.45) is 3.14. The summed E-state index contributed by atoms with van der Waals surface area (Å²) in [5, 5.41) is 2.74. The number of pyridine rings is 1. The monoisotopic (exact) mass is 467 g/mol. The van der Waals surface area contributed by atoms with Crippen LogP contribution >= 0.6 is 0 Å². The number of ether oxygens (including phenoxy) is 1. The maximum Gasteiger partial charge on any atom is 0.264 e. The predicted molar refractivity (Wildman–Crippen MR) is 124 cm³/mol. The highest BCUT2D eigenvalue weighted by molar-refractivity contribution is 7.90. The van der Waals surface area contributed by atoms with Gasteiger partial charge in [0.05, 0.1) is 11.5 Å². The lowest BCUT2D eigenvalue weighted by Crippen LogP contribution is -2.38. The van der Waals surface area contributed by atoms with E-state index >= 15 is 0 Å². The molecule has 0 radical (unpaired) electrons. The number of aromatic nitrogens is 1. The van der Waals surface area contributed by atoms with Crippen molar-refractivity contribution in [2.45, 2.75) is 37.4 Å². The van der Waals surface area contributed by atoms with Gasteiger partial charge in [-0.15, -0.1) is 0 Å². The van der Waals surface area contributed by atoms with Gasteiger partial charge in [0.1, 0.15) is 6.10 Å². The van der Waals surface area contributed by atoms with Crippen LogP contribution in [0.25, 0.3) is 0 Å². The SMILES string of the molecule is CC(OCc1cccnc1)C(=O)NS(=O)(=O)c1ccc(NC(=O)CCc2ccccc2)cc1. The quantitative estimate of drug-likeness (QED) is 0.474. The van der Waals surface area contributed by atoms with Gasteiger partial charge in [-0.3, -0.25) is 14.6 Å². The highest BCUT2D eigenvalue weighted by atomic mass is 32.2. The number of nitrogens with one attached hydrogen (secondary N) is 2. The number of nitrogens with zero attached hydrogens (tertiary/aromatic N) is 1. The third-order valence-corrected chi connectivity index (χ3v) is 6.12. The third kappa shape index (κ3) is 7.51. The van der Waals surface area contributed by atoms with E-state index in [0.717, 1.165) is 11.1 Å². The van der Waals surface area contributed by atoms with Gasteiger partial charge in [-0.1, -0.05) is 36.4 Å². The van der Waals surface area contributed by atoms with E-state index in [4.69, 9.17) is 4.74 Å². The van der Waals surface area contributed by atoms with Gasteiger partial charge < -0.3 is 10.1 Å². The Balaban J connectivity index is 1.50. The van der Waals surface area contributed by atoms with Crippen molar-refractivity contribution in [3.05, 3.63) is 90.3 Å². The molecule has 0 fully saturated rings. The van der Waals surface area contributed by atoms with E-state index in [2.05, 4.69) is 10.3 Å². The zero-order valence-corrected chi connectivity index (χ0v) is 18.9. The first-order valence-corrected chi connectivity index (χ1v) is 11.8. The number of benzene rings is 2. The molecule has 0 aliphatic heterocycles. The number of amides is 2. The number of sulfonamides is 1. The molecule has 33 heavy (non-hydrogen) atoms. The van der Waals surface area contributed by atoms with Crippen LogP contribution in [0.4, 0.5) is 5.69 Å². The van der Waals surface area contributed by atoms with E-state index in [1.807, 2.05) is 35.1 Å². The summed E-state index contributed by atoms with van der Waals surface area (Å²) in [6, 6.07) is 18.8. The average Bonchev–Trinajstić information content (AvgIpc) is 2.82. The summed E-state index contributed by atoms with van der Waals surface area (Å²) in [7, 11) is -4.08. The maximum absolute atomic E-state index is 12.5. The molecule has 0 saturated carbocycles. The predicted octanol–water partition coefficient (Wildman–Crippen LogP) is 3.06. The lowest BCUT2D eigenvalue weighted by atomic mass is 10.1. The van der Waals surface area contributed by atoms with Crippen LogP contribution in [0, 0.1) is 0 Å². The van der Waals surface area contributed by atoms with Crippen molar-refractivity contribution in [3.63, 3.8) is 0 Å². The number of hydrogen-bond acceptors (Lipinski definition) is 6. The normalized spacial score (nSPS) is 12.0. The summed E-state index contributed by atoms with van der Waals surface area (Å²) in [5.74, 6) is -0.959. The van der Waals surface area contributed by atoms with Crippen molar-refractivity contribution in [3.8, 4) is 0 Å². The Bertz CT molecular complexity index is 1170. The van der Waals surface area contributed by atoms with Gasteiger partial charge in [0.25, 0.3) is 15.9 Å². The highest BCUT2D eigenvalue weighted by Crippen LogP contribution is 2.15. The van der Waals surface area contributed by atoms with Gasteiger partial charge in [0.2, 0.25) is 5.91 Å². The van der Waals surface area contributed by atoms with E-state index in [1.165, 1.54) is 31.2 Å². The fourth-order valence-electron chi connectivity index (χ4n) is 2.90. The second-order valence-corrected chi connectivity index (χ2v) is 9.02. The second-order valence-electron chi connectivity index (χ2n) is 7.34. The highest BCUT2D eigenvalue weighted by Gasteiger charge is 2.22. The van der Waals surface area contributed by atoms with Crippen molar-refractivity contribution >= 4 is 27.5 Å². The molecule has 3 aromatic rings. The number of carbonyl (C=O) groups excluding carboxylic acids is 2. The van der Waals surface area contributed by atoms with E-state index < -0.39 is 22.0 Å². The van der Waals surface area contributed by atoms with Crippen molar-refractivity contribution in [2.75, 3.05) is 5.32 Å². The molecule has 0 aliphatic rings. The van der Waals surface area contributed by atoms with Crippen LogP contribution in [0.15, 0.2) is 84.0 Å². The average molecular weight is 468 g/mol. The summed E-state index contributed by atoms with van der Waals surface area (Å²) >= 11 is 0. The first-order chi connectivity index (χ1) is 15.8. The largest absolute Gasteiger partial charge is 0.364 e. The summed E-state index contributed by atoms with van der Waals surface area (Å²) in [6.45, 7) is 1.59. The zero-order chi connectivity index (χ0) is 23.7. The van der Waals surface area contributed by atoms with E-state index in [-0.39, 0.29) is 17.4 Å². The molecule has 2 aromatic carbocycles. The van der Waals surface area contributed by atoms with Gasteiger partial charge in [-0.2, -0.15) is 0 Å². The van der Waals surface area contributed by atoms with Crippen LogP contribution in [0.5, 0.6) is 0 Å². The molecule has 3 rings (SSSR count). The molecular weight excluding hydrogens is 442 g/mol. The van der Waals surface area contributed by atoms with Crippen molar-refractivity contribution in [1.82, 2.24) is 9.71 Å². The lowest BCUT2D eigenvalue weighted by molar-refractivity contribution is -0.130. The molecule has 8 nitrogen and oxygen atoms in total. The molecule has 0 saturated heterocycles. The standard InChI is InChI=1S/C24H25N3O5S/c1-18(32-17-20-8-5-15-25-16-20)24(29)27-33(30,31)22-12-10-21(11-13-22)26-23(28)14-9-19-6-3-2-4-7-19/h2-8,10-13,15-16,18H,9,14,17H2,1H3,(H,26,28)(H,27,29). The van der Waals surface area contributed by atoms with Crippen LogP contribution in [0.2, 0.25) is 0 Å². The van der Waals surface area contributed by atoms with E-state index in [0.29, 0.717) is 18.5 Å². The van der Waals surface area contributed by atoms with Crippen LogP contribution in [0.1, 0.15) is 24.5 Å². The number of carbonyl (C=O) groups is 2. The fourth-order valence-corrected chi connectivity index (χ4v) is 3.94. The molecule has 1 unspecified atom stereocenters. The second kappa shape index (κ2) is 11.3. The van der Waals surface area contributed by atoms with Crippen molar-refractivity contribution in [2.24, 2.45) is 0 Å². The summed E-state index contributed by atoms with van der Waals surface area (Å²) in [4.78, 5) is 28.3. The third-order valence-electron chi connectivity index (χ3n) is 4.76.